The minimum absolute atomic E-state index is 0.000787. The monoisotopic (exact) mass is 210 g/mol. The summed E-state index contributed by atoms with van der Waals surface area (Å²) in [4.78, 5) is 0. The van der Waals surface area contributed by atoms with E-state index in [1.807, 2.05) is 0 Å². The Labute approximate surface area is 88.1 Å². The second-order valence-electron chi connectivity index (χ2n) is 3.97. The first kappa shape index (κ1) is 10.4. The SMILES string of the molecule is NC1CCNCC1c1ccc(F)cc1O. The molecule has 3 nitrogen and oxygen atoms in total. The quantitative estimate of drug-likeness (QED) is 0.646. The first-order chi connectivity index (χ1) is 7.18. The Morgan fingerprint density at radius 1 is 1.47 bits per heavy atom. The number of hydrogen-bond donors (Lipinski definition) is 3. The Balaban J connectivity index is 2.27. The number of aromatic hydroxyl groups is 1. The molecule has 0 radical (unpaired) electrons. The summed E-state index contributed by atoms with van der Waals surface area (Å²) in [5.41, 5.74) is 6.71. The van der Waals surface area contributed by atoms with E-state index in [-0.39, 0.29) is 17.7 Å². The van der Waals surface area contributed by atoms with Gasteiger partial charge in [-0.3, -0.25) is 0 Å². The first-order valence-electron chi connectivity index (χ1n) is 5.13. The molecule has 0 aliphatic carbocycles. The van der Waals surface area contributed by atoms with Crippen LogP contribution in [0.15, 0.2) is 18.2 Å². The summed E-state index contributed by atoms with van der Waals surface area (Å²) in [6.45, 7) is 1.64. The lowest BCUT2D eigenvalue weighted by molar-refractivity contribution is 0.384. The average molecular weight is 210 g/mol. The molecule has 1 aliphatic rings. The molecule has 2 atom stereocenters. The molecular formula is C11H15FN2O. The van der Waals surface area contributed by atoms with Crippen molar-refractivity contribution in [2.45, 2.75) is 18.4 Å². The van der Waals surface area contributed by atoms with Gasteiger partial charge in [-0.1, -0.05) is 6.07 Å². The molecule has 1 fully saturated rings. The van der Waals surface area contributed by atoms with E-state index in [1.54, 1.807) is 6.07 Å². The topological polar surface area (TPSA) is 58.3 Å². The van der Waals surface area contributed by atoms with Crippen molar-refractivity contribution in [3.8, 4) is 5.75 Å². The third-order valence-electron chi connectivity index (χ3n) is 2.93. The van der Waals surface area contributed by atoms with Gasteiger partial charge < -0.3 is 16.2 Å². The van der Waals surface area contributed by atoms with Crippen LogP contribution in [-0.2, 0) is 0 Å². The zero-order valence-corrected chi connectivity index (χ0v) is 8.41. The smallest absolute Gasteiger partial charge is 0.126 e. The third kappa shape index (κ3) is 2.11. The fourth-order valence-corrected chi connectivity index (χ4v) is 2.05. The standard InChI is InChI=1S/C11H15FN2O/c12-7-1-2-8(11(15)5-7)9-6-14-4-3-10(9)13/h1-2,5,9-10,14-15H,3-4,6,13H2. The van der Waals surface area contributed by atoms with Gasteiger partial charge in [0.15, 0.2) is 0 Å². The van der Waals surface area contributed by atoms with E-state index in [0.717, 1.165) is 31.1 Å². The number of benzene rings is 1. The molecule has 0 bridgehead atoms. The summed E-state index contributed by atoms with van der Waals surface area (Å²) in [5, 5.41) is 12.9. The van der Waals surface area contributed by atoms with Gasteiger partial charge in [0.25, 0.3) is 0 Å². The number of phenolic OH excluding ortho intramolecular Hbond substituents is 1. The lowest BCUT2D eigenvalue weighted by Crippen LogP contribution is -2.43. The number of hydrogen-bond acceptors (Lipinski definition) is 3. The van der Waals surface area contributed by atoms with Crippen LogP contribution >= 0.6 is 0 Å². The van der Waals surface area contributed by atoms with Crippen molar-refractivity contribution in [3.05, 3.63) is 29.6 Å². The van der Waals surface area contributed by atoms with Crippen LogP contribution in [0.3, 0.4) is 0 Å². The molecule has 15 heavy (non-hydrogen) atoms. The largest absolute Gasteiger partial charge is 0.508 e. The highest BCUT2D eigenvalue weighted by Gasteiger charge is 2.25. The van der Waals surface area contributed by atoms with E-state index in [0.29, 0.717) is 0 Å². The van der Waals surface area contributed by atoms with E-state index in [4.69, 9.17) is 5.73 Å². The molecule has 2 rings (SSSR count). The number of rotatable bonds is 1. The van der Waals surface area contributed by atoms with Crippen LogP contribution in [0.5, 0.6) is 5.75 Å². The van der Waals surface area contributed by atoms with Crippen molar-refractivity contribution in [1.29, 1.82) is 0 Å². The Bertz CT molecular complexity index is 356. The van der Waals surface area contributed by atoms with E-state index in [9.17, 15) is 9.50 Å². The summed E-state index contributed by atoms with van der Waals surface area (Å²) < 4.78 is 12.8. The van der Waals surface area contributed by atoms with Crippen LogP contribution in [0, 0.1) is 5.82 Å². The number of nitrogens with one attached hydrogen (secondary N) is 1. The normalized spacial score (nSPS) is 26.5. The summed E-state index contributed by atoms with van der Waals surface area (Å²) in [6.07, 6.45) is 0.876. The summed E-state index contributed by atoms with van der Waals surface area (Å²) in [6, 6.07) is 4.14. The molecule has 0 aromatic heterocycles. The predicted molar refractivity (Wildman–Crippen MR) is 56.3 cm³/mol. The predicted octanol–water partition coefficient (Wildman–Crippen LogP) is 0.935. The summed E-state index contributed by atoms with van der Waals surface area (Å²) in [7, 11) is 0. The molecule has 1 heterocycles. The molecule has 2 unspecified atom stereocenters. The Hall–Kier alpha value is -1.13. The average Bonchev–Trinajstić information content (AvgIpc) is 2.20. The number of phenols is 1. The van der Waals surface area contributed by atoms with Crippen LogP contribution < -0.4 is 11.1 Å². The van der Waals surface area contributed by atoms with Crippen LogP contribution in [-0.4, -0.2) is 24.2 Å². The number of nitrogens with two attached hydrogens (primary N) is 1. The molecule has 1 saturated heterocycles. The second kappa shape index (κ2) is 4.16. The first-order valence-corrected chi connectivity index (χ1v) is 5.13. The maximum Gasteiger partial charge on any atom is 0.126 e. The minimum atomic E-state index is -0.423. The van der Waals surface area contributed by atoms with E-state index < -0.39 is 5.82 Å². The van der Waals surface area contributed by atoms with Crippen LogP contribution in [0.25, 0.3) is 0 Å². The zero-order chi connectivity index (χ0) is 10.8. The van der Waals surface area contributed by atoms with Crippen molar-refractivity contribution < 1.29 is 9.50 Å². The summed E-state index contributed by atoms with van der Waals surface area (Å²) >= 11 is 0. The van der Waals surface area contributed by atoms with E-state index in [2.05, 4.69) is 5.32 Å². The van der Waals surface area contributed by atoms with Crippen molar-refractivity contribution in [3.63, 3.8) is 0 Å². The van der Waals surface area contributed by atoms with Gasteiger partial charge >= 0.3 is 0 Å². The molecule has 4 N–H and O–H groups in total. The maximum absolute atomic E-state index is 12.8. The molecule has 82 valence electrons. The van der Waals surface area contributed by atoms with Crippen LogP contribution in [0.1, 0.15) is 17.9 Å². The van der Waals surface area contributed by atoms with Gasteiger partial charge in [-0.05, 0) is 24.6 Å². The highest BCUT2D eigenvalue weighted by Crippen LogP contribution is 2.30. The Morgan fingerprint density at radius 2 is 2.27 bits per heavy atom. The van der Waals surface area contributed by atoms with Crippen LogP contribution in [0.2, 0.25) is 0 Å². The van der Waals surface area contributed by atoms with Gasteiger partial charge in [0.2, 0.25) is 0 Å². The lowest BCUT2D eigenvalue weighted by atomic mass is 9.87. The highest BCUT2D eigenvalue weighted by molar-refractivity contribution is 5.37. The number of piperidine rings is 1. The fourth-order valence-electron chi connectivity index (χ4n) is 2.05. The number of halogens is 1. The van der Waals surface area contributed by atoms with Gasteiger partial charge in [-0.15, -0.1) is 0 Å². The molecule has 0 spiro atoms. The minimum Gasteiger partial charge on any atom is -0.508 e. The van der Waals surface area contributed by atoms with Crippen molar-refractivity contribution in [2.24, 2.45) is 5.73 Å². The van der Waals surface area contributed by atoms with Crippen LogP contribution in [0.4, 0.5) is 4.39 Å². The second-order valence-corrected chi connectivity index (χ2v) is 3.97. The van der Waals surface area contributed by atoms with Gasteiger partial charge in [0, 0.05) is 24.6 Å². The van der Waals surface area contributed by atoms with Gasteiger partial charge in [-0.25, -0.2) is 4.39 Å². The highest BCUT2D eigenvalue weighted by atomic mass is 19.1. The molecule has 0 saturated carbocycles. The van der Waals surface area contributed by atoms with Gasteiger partial charge in [0.05, 0.1) is 0 Å². The molecule has 4 heteroatoms. The molecular weight excluding hydrogens is 195 g/mol. The van der Waals surface area contributed by atoms with Gasteiger partial charge in [0.1, 0.15) is 11.6 Å². The van der Waals surface area contributed by atoms with E-state index in [1.165, 1.54) is 6.07 Å². The summed E-state index contributed by atoms with van der Waals surface area (Å²) in [5.74, 6) is -0.355. The van der Waals surface area contributed by atoms with Gasteiger partial charge in [-0.2, -0.15) is 0 Å². The Kier molecular flexibility index (Phi) is 2.88. The molecule has 0 amide bonds. The van der Waals surface area contributed by atoms with Crippen molar-refractivity contribution in [2.75, 3.05) is 13.1 Å². The maximum atomic E-state index is 12.8. The lowest BCUT2D eigenvalue weighted by Gasteiger charge is -2.30. The zero-order valence-electron chi connectivity index (χ0n) is 8.41. The van der Waals surface area contributed by atoms with Crippen molar-refractivity contribution in [1.82, 2.24) is 5.32 Å². The third-order valence-corrected chi connectivity index (χ3v) is 2.93. The van der Waals surface area contributed by atoms with E-state index >= 15 is 0 Å². The Morgan fingerprint density at radius 3 is 2.93 bits per heavy atom. The molecule has 1 aromatic rings. The van der Waals surface area contributed by atoms with Crippen molar-refractivity contribution >= 4 is 0 Å². The fraction of sp³-hybridized carbons (Fsp3) is 0.455. The molecule has 1 aromatic carbocycles. The molecule has 1 aliphatic heterocycles.